The van der Waals surface area contributed by atoms with Gasteiger partial charge in [-0.1, -0.05) is 61.8 Å². The molecule has 0 N–H and O–H groups in total. The van der Waals surface area contributed by atoms with Crippen LogP contribution < -0.4 is 0 Å². The second kappa shape index (κ2) is 8.65. The van der Waals surface area contributed by atoms with Gasteiger partial charge in [0.1, 0.15) is 0 Å². The van der Waals surface area contributed by atoms with Crippen LogP contribution in [-0.2, 0) is 6.42 Å². The highest BCUT2D eigenvalue weighted by molar-refractivity contribution is 6.31. The van der Waals surface area contributed by atoms with E-state index in [9.17, 15) is 0 Å². The van der Waals surface area contributed by atoms with Crippen molar-refractivity contribution in [1.29, 1.82) is 0 Å². The fraction of sp³-hybridized carbons (Fsp3) is 0.619. The van der Waals surface area contributed by atoms with E-state index in [2.05, 4.69) is 35.1 Å². The Balaban J connectivity index is 1.59. The Labute approximate surface area is 146 Å². The van der Waals surface area contributed by atoms with Gasteiger partial charge in [0.25, 0.3) is 0 Å². The van der Waals surface area contributed by atoms with E-state index >= 15 is 0 Å². The van der Waals surface area contributed by atoms with Gasteiger partial charge in [0.15, 0.2) is 0 Å². The van der Waals surface area contributed by atoms with Gasteiger partial charge in [-0.05, 0) is 48.8 Å². The minimum atomic E-state index is 0.675. The summed E-state index contributed by atoms with van der Waals surface area (Å²) in [7, 11) is 0. The third-order valence-corrected chi connectivity index (χ3v) is 5.57. The Morgan fingerprint density at radius 1 is 0.957 bits per heavy atom. The molecule has 2 fully saturated rings. The van der Waals surface area contributed by atoms with Crippen LogP contribution in [-0.4, -0.2) is 18.0 Å². The summed E-state index contributed by atoms with van der Waals surface area (Å²) in [5.74, 6) is 4.02. The number of likely N-dealkylation sites (tertiary alicyclic amines) is 1. The van der Waals surface area contributed by atoms with Crippen LogP contribution in [0.3, 0.4) is 0 Å². The van der Waals surface area contributed by atoms with Crippen molar-refractivity contribution in [2.24, 2.45) is 0 Å². The molecule has 1 aromatic carbocycles. The molecule has 2 heteroatoms. The maximum atomic E-state index is 6.55. The number of rotatable bonds is 2. The summed E-state index contributed by atoms with van der Waals surface area (Å²) in [6.07, 6.45) is 12.8. The van der Waals surface area contributed by atoms with Crippen LogP contribution in [0.25, 0.3) is 0 Å². The van der Waals surface area contributed by atoms with E-state index in [0.29, 0.717) is 5.92 Å². The molecule has 3 rings (SSSR count). The lowest BCUT2D eigenvalue weighted by Crippen LogP contribution is -2.18. The van der Waals surface area contributed by atoms with Gasteiger partial charge in [-0.25, -0.2) is 0 Å². The van der Waals surface area contributed by atoms with Crippen LogP contribution in [0.15, 0.2) is 18.2 Å². The van der Waals surface area contributed by atoms with Crippen molar-refractivity contribution in [2.45, 2.75) is 70.1 Å². The molecule has 1 aromatic rings. The third kappa shape index (κ3) is 4.92. The van der Waals surface area contributed by atoms with Crippen LogP contribution in [0.2, 0.25) is 5.02 Å². The molecule has 23 heavy (non-hydrogen) atoms. The largest absolute Gasteiger partial charge is 0.333 e. The van der Waals surface area contributed by atoms with E-state index in [1.54, 1.807) is 0 Å². The molecule has 2 aliphatic rings. The first kappa shape index (κ1) is 16.7. The second-order valence-electron chi connectivity index (χ2n) is 7.06. The Morgan fingerprint density at radius 3 is 2.35 bits per heavy atom. The first-order chi connectivity index (χ1) is 11.3. The average Bonchev–Trinajstić information content (AvgIpc) is 2.85. The smallest absolute Gasteiger partial charge is 0.0443 e. The molecule has 1 saturated carbocycles. The van der Waals surface area contributed by atoms with E-state index in [4.69, 9.17) is 11.6 Å². The minimum absolute atomic E-state index is 0.675. The zero-order chi connectivity index (χ0) is 15.9. The molecule has 1 heterocycles. The van der Waals surface area contributed by atoms with Gasteiger partial charge in [-0.2, -0.15) is 0 Å². The normalized spacial score (nSPS) is 19.8. The molecule has 1 aliphatic carbocycles. The molecule has 0 radical (unpaired) electrons. The standard InChI is InChI=1S/C21H28ClN/c22-21-17-18(9-8-16-23-14-6-1-2-7-15-23)12-13-20(21)19-10-4-3-5-11-19/h12-13,17,19H,1-7,9-11,14-15H2. The van der Waals surface area contributed by atoms with Crippen molar-refractivity contribution >= 4 is 11.6 Å². The SMILES string of the molecule is Clc1cc(CC#CN2CCCCCC2)ccc1C1CCCCC1. The van der Waals surface area contributed by atoms with Gasteiger partial charge >= 0.3 is 0 Å². The summed E-state index contributed by atoms with van der Waals surface area (Å²) in [5, 5.41) is 0.950. The summed E-state index contributed by atoms with van der Waals surface area (Å²) >= 11 is 6.55. The predicted octanol–water partition coefficient (Wildman–Crippen LogP) is 5.77. The molecule has 124 valence electrons. The van der Waals surface area contributed by atoms with Crippen molar-refractivity contribution < 1.29 is 0 Å². The van der Waals surface area contributed by atoms with Gasteiger partial charge < -0.3 is 4.90 Å². The van der Waals surface area contributed by atoms with Gasteiger partial charge in [-0.15, -0.1) is 0 Å². The Bertz CT molecular complexity index is 555. The maximum Gasteiger partial charge on any atom is 0.0443 e. The molecule has 0 spiro atoms. The molecule has 0 amide bonds. The lowest BCUT2D eigenvalue weighted by atomic mass is 9.84. The highest BCUT2D eigenvalue weighted by Gasteiger charge is 2.17. The third-order valence-electron chi connectivity index (χ3n) is 5.25. The Hall–Kier alpha value is -1.13. The quantitative estimate of drug-likeness (QED) is 0.623. The van der Waals surface area contributed by atoms with Crippen molar-refractivity contribution in [3.05, 3.63) is 34.3 Å². The topological polar surface area (TPSA) is 3.24 Å². The fourth-order valence-corrected chi connectivity index (χ4v) is 4.22. The van der Waals surface area contributed by atoms with E-state index < -0.39 is 0 Å². The number of halogens is 1. The maximum absolute atomic E-state index is 6.55. The van der Waals surface area contributed by atoms with Crippen LogP contribution in [0.1, 0.15) is 74.8 Å². The Kier molecular flexibility index (Phi) is 6.29. The zero-order valence-corrected chi connectivity index (χ0v) is 14.9. The van der Waals surface area contributed by atoms with E-state index in [1.807, 2.05) is 0 Å². The molecular formula is C21H28ClN. The molecule has 1 saturated heterocycles. The van der Waals surface area contributed by atoms with Gasteiger partial charge in [0.2, 0.25) is 0 Å². The van der Waals surface area contributed by atoms with E-state index in [1.165, 1.54) is 68.9 Å². The minimum Gasteiger partial charge on any atom is -0.333 e. The fourth-order valence-electron chi connectivity index (χ4n) is 3.86. The number of benzene rings is 1. The van der Waals surface area contributed by atoms with Crippen LogP contribution in [0.5, 0.6) is 0 Å². The van der Waals surface area contributed by atoms with Crippen LogP contribution >= 0.6 is 11.6 Å². The summed E-state index contributed by atoms with van der Waals surface area (Å²) < 4.78 is 0. The van der Waals surface area contributed by atoms with Gasteiger partial charge in [0, 0.05) is 30.6 Å². The summed E-state index contributed by atoms with van der Waals surface area (Å²) in [5.41, 5.74) is 2.60. The first-order valence-corrected chi connectivity index (χ1v) is 9.72. The zero-order valence-electron chi connectivity index (χ0n) is 14.1. The molecule has 0 bridgehead atoms. The molecule has 0 aromatic heterocycles. The molecule has 0 unspecified atom stereocenters. The molecule has 1 nitrogen and oxygen atoms in total. The van der Waals surface area contributed by atoms with Gasteiger partial charge in [-0.3, -0.25) is 0 Å². The molecule has 0 atom stereocenters. The molecule has 1 aliphatic heterocycles. The highest BCUT2D eigenvalue weighted by Crippen LogP contribution is 2.36. The van der Waals surface area contributed by atoms with E-state index in [-0.39, 0.29) is 0 Å². The van der Waals surface area contributed by atoms with E-state index in [0.717, 1.165) is 24.5 Å². The van der Waals surface area contributed by atoms with Crippen LogP contribution in [0, 0.1) is 12.0 Å². The summed E-state index contributed by atoms with van der Waals surface area (Å²) in [6, 6.07) is 9.97. The summed E-state index contributed by atoms with van der Waals surface area (Å²) in [4.78, 5) is 2.30. The van der Waals surface area contributed by atoms with Crippen molar-refractivity contribution in [1.82, 2.24) is 4.90 Å². The monoisotopic (exact) mass is 329 g/mol. The average molecular weight is 330 g/mol. The lowest BCUT2D eigenvalue weighted by molar-refractivity contribution is 0.414. The number of hydrogen-bond acceptors (Lipinski definition) is 1. The first-order valence-electron chi connectivity index (χ1n) is 9.35. The Morgan fingerprint density at radius 2 is 1.65 bits per heavy atom. The lowest BCUT2D eigenvalue weighted by Gasteiger charge is -2.23. The molecular weight excluding hydrogens is 302 g/mol. The second-order valence-corrected chi connectivity index (χ2v) is 7.46. The highest BCUT2D eigenvalue weighted by atomic mass is 35.5. The predicted molar refractivity (Wildman–Crippen MR) is 98.8 cm³/mol. The number of hydrogen-bond donors (Lipinski definition) is 0. The summed E-state index contributed by atoms with van der Waals surface area (Å²) in [6.45, 7) is 2.27. The van der Waals surface area contributed by atoms with Crippen molar-refractivity contribution in [3.8, 4) is 12.0 Å². The number of nitrogens with zero attached hydrogens (tertiary/aromatic N) is 1. The van der Waals surface area contributed by atoms with Crippen molar-refractivity contribution in [3.63, 3.8) is 0 Å². The van der Waals surface area contributed by atoms with Gasteiger partial charge in [0.05, 0.1) is 0 Å². The van der Waals surface area contributed by atoms with Crippen LogP contribution in [0.4, 0.5) is 0 Å². The van der Waals surface area contributed by atoms with Crippen molar-refractivity contribution in [2.75, 3.05) is 13.1 Å².